The molecule has 1 unspecified atom stereocenters. The number of barbiturate groups is 1. The number of aromatic nitrogens is 1. The maximum atomic E-state index is 12.2. The van der Waals surface area contributed by atoms with Gasteiger partial charge in [0, 0.05) is 12.4 Å². The molecule has 0 radical (unpaired) electrons. The van der Waals surface area contributed by atoms with E-state index in [-0.39, 0.29) is 12.5 Å². The first-order valence-electron chi connectivity index (χ1n) is 6.06. The van der Waals surface area contributed by atoms with E-state index in [1.165, 1.54) is 0 Å². The molecule has 4 amide bonds. The molecule has 1 fully saturated rings. The molecule has 6 nitrogen and oxygen atoms in total. The Bertz CT molecular complexity index is 513. The Kier molecular flexibility index (Phi) is 3.59. The van der Waals surface area contributed by atoms with E-state index < -0.39 is 23.8 Å². The molecule has 1 saturated heterocycles. The van der Waals surface area contributed by atoms with Crippen molar-refractivity contribution in [2.45, 2.75) is 20.4 Å². The summed E-state index contributed by atoms with van der Waals surface area (Å²) in [5, 5.41) is 2.22. The van der Waals surface area contributed by atoms with Gasteiger partial charge >= 0.3 is 6.03 Å². The molecular weight excluding hydrogens is 246 g/mol. The Labute approximate surface area is 110 Å². The lowest BCUT2D eigenvalue weighted by Gasteiger charge is -2.31. The van der Waals surface area contributed by atoms with Gasteiger partial charge in [-0.2, -0.15) is 0 Å². The zero-order chi connectivity index (χ0) is 14.0. The number of hydrogen-bond acceptors (Lipinski definition) is 4. The summed E-state index contributed by atoms with van der Waals surface area (Å²) in [5.41, 5.74) is 0.739. The van der Waals surface area contributed by atoms with Gasteiger partial charge in [0.05, 0.1) is 6.54 Å². The molecule has 1 aromatic heterocycles. The second-order valence-electron chi connectivity index (χ2n) is 4.80. The third kappa shape index (κ3) is 2.62. The minimum Gasteiger partial charge on any atom is -0.277 e. The lowest BCUT2D eigenvalue weighted by atomic mass is 9.92. The number of hydrogen-bond donors (Lipinski definition) is 1. The maximum Gasteiger partial charge on any atom is 0.331 e. The van der Waals surface area contributed by atoms with Gasteiger partial charge in [-0.15, -0.1) is 0 Å². The molecule has 0 aliphatic carbocycles. The van der Waals surface area contributed by atoms with Crippen molar-refractivity contribution < 1.29 is 14.4 Å². The van der Waals surface area contributed by atoms with Crippen molar-refractivity contribution in [3.8, 4) is 0 Å². The molecule has 1 aromatic rings. The van der Waals surface area contributed by atoms with Crippen LogP contribution in [0.1, 0.15) is 19.4 Å². The van der Waals surface area contributed by atoms with E-state index in [9.17, 15) is 14.4 Å². The zero-order valence-corrected chi connectivity index (χ0v) is 10.8. The Morgan fingerprint density at radius 3 is 2.68 bits per heavy atom. The molecule has 0 bridgehead atoms. The molecule has 1 aliphatic rings. The van der Waals surface area contributed by atoms with Crippen LogP contribution < -0.4 is 5.32 Å². The minimum absolute atomic E-state index is 0.120. The first kappa shape index (κ1) is 13.2. The molecule has 2 heterocycles. The quantitative estimate of drug-likeness (QED) is 0.821. The molecule has 2 rings (SSSR count). The number of amides is 4. The summed E-state index contributed by atoms with van der Waals surface area (Å²) in [6, 6.07) is 2.83. The van der Waals surface area contributed by atoms with Gasteiger partial charge in [0.25, 0.3) is 0 Å². The van der Waals surface area contributed by atoms with Crippen molar-refractivity contribution in [2.75, 3.05) is 0 Å². The molecule has 19 heavy (non-hydrogen) atoms. The highest BCUT2D eigenvalue weighted by atomic mass is 16.2. The van der Waals surface area contributed by atoms with Gasteiger partial charge in [0.2, 0.25) is 11.8 Å². The molecule has 1 N–H and O–H groups in total. The highest BCUT2D eigenvalue weighted by Gasteiger charge is 2.41. The monoisotopic (exact) mass is 261 g/mol. The second-order valence-corrected chi connectivity index (χ2v) is 4.80. The Hall–Kier alpha value is -2.24. The molecule has 0 spiro atoms. The predicted molar refractivity (Wildman–Crippen MR) is 66.7 cm³/mol. The molecule has 1 atom stereocenters. The third-order valence-electron chi connectivity index (χ3n) is 3.02. The van der Waals surface area contributed by atoms with E-state index in [1.54, 1.807) is 38.4 Å². The van der Waals surface area contributed by atoms with Crippen LogP contribution in [0.3, 0.4) is 0 Å². The van der Waals surface area contributed by atoms with Crippen LogP contribution in [0.2, 0.25) is 0 Å². The zero-order valence-electron chi connectivity index (χ0n) is 10.8. The average Bonchev–Trinajstić information content (AvgIpc) is 2.35. The highest BCUT2D eigenvalue weighted by Crippen LogP contribution is 2.20. The van der Waals surface area contributed by atoms with Gasteiger partial charge in [-0.05, 0) is 17.5 Å². The van der Waals surface area contributed by atoms with Crippen LogP contribution in [-0.2, 0) is 16.1 Å². The number of pyridine rings is 1. The van der Waals surface area contributed by atoms with E-state index in [0.29, 0.717) is 0 Å². The number of imide groups is 2. The largest absolute Gasteiger partial charge is 0.331 e. The van der Waals surface area contributed by atoms with Gasteiger partial charge in [0.15, 0.2) is 0 Å². The number of nitrogens with one attached hydrogen (secondary N) is 1. The topological polar surface area (TPSA) is 79.4 Å². The van der Waals surface area contributed by atoms with Gasteiger partial charge in [0.1, 0.15) is 5.92 Å². The van der Waals surface area contributed by atoms with Crippen molar-refractivity contribution in [2.24, 2.45) is 11.8 Å². The fraction of sp³-hybridized carbons (Fsp3) is 0.385. The van der Waals surface area contributed by atoms with Gasteiger partial charge in [-0.3, -0.25) is 24.8 Å². The van der Waals surface area contributed by atoms with Crippen LogP contribution in [-0.4, -0.2) is 27.7 Å². The van der Waals surface area contributed by atoms with E-state index >= 15 is 0 Å². The number of rotatable bonds is 3. The minimum atomic E-state index is -0.811. The van der Waals surface area contributed by atoms with Gasteiger partial charge in [-0.1, -0.05) is 19.9 Å². The van der Waals surface area contributed by atoms with Crippen molar-refractivity contribution in [3.05, 3.63) is 30.1 Å². The summed E-state index contributed by atoms with van der Waals surface area (Å²) >= 11 is 0. The fourth-order valence-corrected chi connectivity index (χ4v) is 2.04. The van der Waals surface area contributed by atoms with Crippen molar-refractivity contribution >= 4 is 17.8 Å². The second kappa shape index (κ2) is 5.17. The Balaban J connectivity index is 2.22. The van der Waals surface area contributed by atoms with Crippen LogP contribution >= 0.6 is 0 Å². The summed E-state index contributed by atoms with van der Waals surface area (Å²) in [5.74, 6) is -1.94. The summed E-state index contributed by atoms with van der Waals surface area (Å²) in [4.78, 5) is 40.6. The van der Waals surface area contributed by atoms with E-state index in [0.717, 1.165) is 10.5 Å². The molecule has 100 valence electrons. The fourth-order valence-electron chi connectivity index (χ4n) is 2.04. The highest BCUT2D eigenvalue weighted by molar-refractivity contribution is 6.16. The molecule has 1 aliphatic heterocycles. The first-order chi connectivity index (χ1) is 9.00. The van der Waals surface area contributed by atoms with E-state index in [1.807, 2.05) is 0 Å². The molecule has 6 heteroatoms. The van der Waals surface area contributed by atoms with Crippen molar-refractivity contribution in [1.82, 2.24) is 15.2 Å². The average molecular weight is 261 g/mol. The normalized spacial score (nSPS) is 19.8. The van der Waals surface area contributed by atoms with Crippen LogP contribution in [0.5, 0.6) is 0 Å². The maximum absolute atomic E-state index is 12.2. The Morgan fingerprint density at radius 1 is 1.37 bits per heavy atom. The number of carbonyl (C=O) groups excluding carboxylic acids is 3. The van der Waals surface area contributed by atoms with Crippen LogP contribution in [0.15, 0.2) is 24.5 Å². The van der Waals surface area contributed by atoms with Crippen LogP contribution in [0.25, 0.3) is 0 Å². The SMILES string of the molecule is CC(C)C1C(=O)NC(=O)N(Cc2cccnc2)C1=O. The van der Waals surface area contributed by atoms with Crippen molar-refractivity contribution in [3.63, 3.8) is 0 Å². The summed E-state index contributed by atoms with van der Waals surface area (Å²) in [7, 11) is 0. The summed E-state index contributed by atoms with van der Waals surface area (Å²) in [6.07, 6.45) is 3.20. The molecular formula is C13H15N3O3. The summed E-state index contributed by atoms with van der Waals surface area (Å²) in [6.45, 7) is 3.68. The standard InChI is InChI=1S/C13H15N3O3/c1-8(2)10-11(17)15-13(19)16(12(10)18)7-9-4-3-5-14-6-9/h3-6,8,10H,7H2,1-2H3,(H,15,17,19). The number of carbonyl (C=O) groups is 3. The van der Waals surface area contributed by atoms with Crippen LogP contribution in [0, 0.1) is 11.8 Å². The first-order valence-corrected chi connectivity index (χ1v) is 6.06. The third-order valence-corrected chi connectivity index (χ3v) is 3.02. The van der Waals surface area contributed by atoms with E-state index in [4.69, 9.17) is 0 Å². The molecule has 0 saturated carbocycles. The number of nitrogens with zero attached hydrogens (tertiary/aromatic N) is 2. The number of urea groups is 1. The van der Waals surface area contributed by atoms with Crippen LogP contribution in [0.4, 0.5) is 4.79 Å². The van der Waals surface area contributed by atoms with Gasteiger partial charge in [-0.25, -0.2) is 4.79 Å². The van der Waals surface area contributed by atoms with Crippen molar-refractivity contribution in [1.29, 1.82) is 0 Å². The van der Waals surface area contributed by atoms with Gasteiger partial charge < -0.3 is 0 Å². The Morgan fingerprint density at radius 2 is 2.11 bits per heavy atom. The van der Waals surface area contributed by atoms with E-state index in [2.05, 4.69) is 10.3 Å². The smallest absolute Gasteiger partial charge is 0.277 e. The predicted octanol–water partition coefficient (Wildman–Crippen LogP) is 0.932. The summed E-state index contributed by atoms with van der Waals surface area (Å²) < 4.78 is 0. The molecule has 0 aromatic carbocycles. The lowest BCUT2D eigenvalue weighted by Crippen LogP contribution is -2.58. The lowest BCUT2D eigenvalue weighted by molar-refractivity contribution is -0.144.